The quantitative estimate of drug-likeness (QED) is 0.826. The van der Waals surface area contributed by atoms with Crippen LogP contribution in [0.4, 0.5) is 0 Å². The molecule has 0 aliphatic heterocycles. The lowest BCUT2D eigenvalue weighted by Crippen LogP contribution is -2.21. The van der Waals surface area contributed by atoms with E-state index < -0.39 is 0 Å². The third-order valence-corrected chi connectivity index (χ3v) is 6.06. The second kappa shape index (κ2) is 6.48. The molecule has 0 radical (unpaired) electrons. The number of benzene rings is 1. The van der Waals surface area contributed by atoms with Gasteiger partial charge in [0.2, 0.25) is 0 Å². The van der Waals surface area contributed by atoms with Crippen molar-refractivity contribution in [2.45, 2.75) is 36.0 Å². The van der Waals surface area contributed by atoms with E-state index >= 15 is 0 Å². The molecule has 0 saturated heterocycles. The van der Waals surface area contributed by atoms with E-state index in [1.165, 1.54) is 39.7 Å². The molecule has 0 spiro atoms. The Morgan fingerprint density at radius 3 is 3.20 bits per heavy atom. The van der Waals surface area contributed by atoms with Gasteiger partial charge in [-0.15, -0.1) is 23.1 Å². The van der Waals surface area contributed by atoms with Crippen molar-refractivity contribution in [3.8, 4) is 0 Å². The second-order valence-corrected chi connectivity index (χ2v) is 7.55. The highest BCUT2D eigenvalue weighted by molar-refractivity contribution is 7.98. The monoisotopic (exact) mass is 324 g/mol. The number of thioether (sulfide) groups is 1. The smallest absolute Gasteiger partial charge is 0.103 e. The molecule has 1 atom stereocenters. The second-order valence-electron chi connectivity index (χ2n) is 4.90. The van der Waals surface area contributed by atoms with Gasteiger partial charge in [0.1, 0.15) is 5.01 Å². The molecule has 1 unspecified atom stereocenters. The Morgan fingerprint density at radius 2 is 2.40 bits per heavy atom. The van der Waals surface area contributed by atoms with Gasteiger partial charge in [-0.1, -0.05) is 17.7 Å². The van der Waals surface area contributed by atoms with Gasteiger partial charge in [-0.2, -0.15) is 0 Å². The lowest BCUT2D eigenvalue weighted by atomic mass is 9.98. The predicted octanol–water partition coefficient (Wildman–Crippen LogP) is 4.69. The lowest BCUT2D eigenvalue weighted by molar-refractivity contribution is 0.489. The van der Waals surface area contributed by atoms with Gasteiger partial charge in [-0.25, -0.2) is 4.98 Å². The zero-order valence-electron chi connectivity index (χ0n) is 11.4. The fourth-order valence-corrected chi connectivity index (χ4v) is 4.89. The highest BCUT2D eigenvalue weighted by atomic mass is 35.5. The minimum atomic E-state index is 0.444. The van der Waals surface area contributed by atoms with Crippen molar-refractivity contribution in [3.63, 3.8) is 0 Å². The summed E-state index contributed by atoms with van der Waals surface area (Å²) in [6.45, 7) is 0. The number of thiazole rings is 1. The average molecular weight is 325 g/mol. The molecule has 106 valence electrons. The standard InChI is InChI=1S/C15H17ClN2S2/c1-17-12-6-3-7-13-15(12)18-14(20-13)9-19-11-5-2-4-10(16)8-11/h2,4-5,8,12,17H,3,6-7,9H2,1H3. The predicted molar refractivity (Wildman–Crippen MR) is 87.9 cm³/mol. The minimum Gasteiger partial charge on any atom is -0.312 e. The Balaban J connectivity index is 1.71. The van der Waals surface area contributed by atoms with Crippen LogP contribution in [-0.2, 0) is 12.2 Å². The van der Waals surface area contributed by atoms with E-state index in [0.717, 1.165) is 10.8 Å². The van der Waals surface area contributed by atoms with Crippen molar-refractivity contribution in [2.75, 3.05) is 7.05 Å². The van der Waals surface area contributed by atoms with E-state index in [1.807, 2.05) is 36.6 Å². The first-order chi connectivity index (χ1) is 9.76. The molecule has 1 N–H and O–H groups in total. The number of aromatic nitrogens is 1. The molecular formula is C15H17ClN2S2. The Bertz CT molecular complexity index is 597. The highest BCUT2D eigenvalue weighted by Gasteiger charge is 2.23. The normalized spacial score (nSPS) is 18.0. The zero-order chi connectivity index (χ0) is 13.9. The number of nitrogens with one attached hydrogen (secondary N) is 1. The Labute approximate surface area is 133 Å². The van der Waals surface area contributed by atoms with Crippen LogP contribution in [0.1, 0.15) is 34.5 Å². The van der Waals surface area contributed by atoms with Crippen LogP contribution >= 0.6 is 34.7 Å². The molecule has 1 aromatic carbocycles. The van der Waals surface area contributed by atoms with Gasteiger partial charge in [-0.3, -0.25) is 0 Å². The fraction of sp³-hybridized carbons (Fsp3) is 0.400. The van der Waals surface area contributed by atoms with E-state index in [2.05, 4.69) is 11.4 Å². The summed E-state index contributed by atoms with van der Waals surface area (Å²) in [7, 11) is 2.03. The average Bonchev–Trinajstić information content (AvgIpc) is 2.88. The summed E-state index contributed by atoms with van der Waals surface area (Å²) < 4.78 is 0. The molecule has 1 aliphatic rings. The number of halogens is 1. The SMILES string of the molecule is CNC1CCCc2sc(CSc3cccc(Cl)c3)nc21. The Morgan fingerprint density at radius 1 is 1.50 bits per heavy atom. The molecule has 1 aromatic heterocycles. The third-order valence-electron chi connectivity index (χ3n) is 3.51. The third kappa shape index (κ3) is 3.19. The van der Waals surface area contributed by atoms with Gasteiger partial charge < -0.3 is 5.32 Å². The van der Waals surface area contributed by atoms with Crippen molar-refractivity contribution >= 4 is 34.7 Å². The largest absolute Gasteiger partial charge is 0.312 e. The first kappa shape index (κ1) is 14.4. The summed E-state index contributed by atoms with van der Waals surface area (Å²) in [5.41, 5.74) is 1.28. The number of nitrogens with zero attached hydrogens (tertiary/aromatic N) is 1. The summed E-state index contributed by atoms with van der Waals surface area (Å²) in [5, 5.41) is 5.39. The molecule has 0 bridgehead atoms. The molecule has 3 rings (SSSR count). The molecule has 1 heterocycles. The van der Waals surface area contributed by atoms with E-state index in [4.69, 9.17) is 16.6 Å². The maximum absolute atomic E-state index is 6.01. The number of hydrogen-bond acceptors (Lipinski definition) is 4. The van der Waals surface area contributed by atoms with Crippen molar-refractivity contribution in [1.82, 2.24) is 10.3 Å². The fourth-order valence-electron chi connectivity index (χ4n) is 2.51. The topological polar surface area (TPSA) is 24.9 Å². The number of aryl methyl sites for hydroxylation is 1. The summed E-state index contributed by atoms with van der Waals surface area (Å²) in [4.78, 5) is 7.52. The number of fused-ring (bicyclic) bond motifs is 1. The minimum absolute atomic E-state index is 0.444. The highest BCUT2D eigenvalue weighted by Crippen LogP contribution is 2.35. The van der Waals surface area contributed by atoms with E-state index in [9.17, 15) is 0 Å². The summed E-state index contributed by atoms with van der Waals surface area (Å²) in [6, 6.07) is 8.45. The Kier molecular flexibility index (Phi) is 4.66. The molecule has 20 heavy (non-hydrogen) atoms. The van der Waals surface area contributed by atoms with E-state index in [1.54, 1.807) is 11.8 Å². The molecule has 1 aliphatic carbocycles. The van der Waals surface area contributed by atoms with Crippen LogP contribution in [0.3, 0.4) is 0 Å². The molecule has 2 aromatic rings. The van der Waals surface area contributed by atoms with E-state index in [-0.39, 0.29) is 0 Å². The van der Waals surface area contributed by atoms with E-state index in [0.29, 0.717) is 6.04 Å². The van der Waals surface area contributed by atoms with Gasteiger partial charge in [0.05, 0.1) is 17.5 Å². The van der Waals surface area contributed by atoms with Crippen LogP contribution in [0.15, 0.2) is 29.2 Å². The van der Waals surface area contributed by atoms with Crippen LogP contribution < -0.4 is 5.32 Å². The summed E-state index contributed by atoms with van der Waals surface area (Å²) in [6.07, 6.45) is 3.66. The van der Waals surface area contributed by atoms with Crippen LogP contribution in [0.5, 0.6) is 0 Å². The van der Waals surface area contributed by atoms with Gasteiger partial charge in [0.15, 0.2) is 0 Å². The molecule has 0 amide bonds. The zero-order valence-corrected chi connectivity index (χ0v) is 13.7. The number of rotatable bonds is 4. The number of hydrogen-bond donors (Lipinski definition) is 1. The van der Waals surface area contributed by atoms with Crippen LogP contribution in [0.2, 0.25) is 5.02 Å². The molecule has 2 nitrogen and oxygen atoms in total. The van der Waals surface area contributed by atoms with Gasteiger partial charge in [-0.05, 0) is 44.5 Å². The van der Waals surface area contributed by atoms with Crippen LogP contribution in [0, 0.1) is 0 Å². The van der Waals surface area contributed by atoms with Crippen molar-refractivity contribution in [2.24, 2.45) is 0 Å². The van der Waals surface area contributed by atoms with Crippen molar-refractivity contribution < 1.29 is 0 Å². The van der Waals surface area contributed by atoms with Crippen LogP contribution in [-0.4, -0.2) is 12.0 Å². The molecule has 0 saturated carbocycles. The molecule has 5 heteroatoms. The van der Waals surface area contributed by atoms with Crippen molar-refractivity contribution in [1.29, 1.82) is 0 Å². The van der Waals surface area contributed by atoms with Gasteiger partial charge >= 0.3 is 0 Å². The van der Waals surface area contributed by atoms with Crippen LogP contribution in [0.25, 0.3) is 0 Å². The first-order valence-electron chi connectivity index (χ1n) is 6.80. The Hall–Kier alpha value is -0.550. The lowest BCUT2D eigenvalue weighted by Gasteiger charge is -2.19. The van der Waals surface area contributed by atoms with Crippen molar-refractivity contribution in [3.05, 3.63) is 44.9 Å². The summed E-state index contributed by atoms with van der Waals surface area (Å²) in [5.74, 6) is 0.925. The molecular weight excluding hydrogens is 308 g/mol. The maximum Gasteiger partial charge on any atom is 0.103 e. The molecule has 0 fully saturated rings. The summed E-state index contributed by atoms with van der Waals surface area (Å²) >= 11 is 9.69. The van der Waals surface area contributed by atoms with Gasteiger partial charge in [0.25, 0.3) is 0 Å². The first-order valence-corrected chi connectivity index (χ1v) is 8.98. The maximum atomic E-state index is 6.01. The van der Waals surface area contributed by atoms with Gasteiger partial charge in [0, 0.05) is 14.8 Å².